The maximum atomic E-state index is 12.9. The number of benzene rings is 1. The summed E-state index contributed by atoms with van der Waals surface area (Å²) in [5.74, 6) is -0.279. The van der Waals surface area contributed by atoms with Crippen LogP contribution in [0, 0.1) is 0 Å². The van der Waals surface area contributed by atoms with Crippen molar-refractivity contribution in [3.63, 3.8) is 0 Å². The number of aromatic nitrogens is 1. The minimum Gasteiger partial charge on any atom is -0.490 e. The largest absolute Gasteiger partial charge is 0.490 e. The first-order valence-electron chi connectivity index (χ1n) is 9.42. The van der Waals surface area contributed by atoms with Crippen molar-refractivity contribution in [1.82, 2.24) is 9.88 Å². The van der Waals surface area contributed by atoms with Crippen molar-refractivity contribution in [2.24, 2.45) is 0 Å². The molecule has 1 fully saturated rings. The Labute approximate surface area is 163 Å². The topological polar surface area (TPSA) is 89.0 Å². The number of carbonyl (C=O) groups is 2. The molecule has 1 unspecified atom stereocenters. The highest BCUT2D eigenvalue weighted by Gasteiger charge is 2.32. The fraction of sp³-hybridized carbons (Fsp3) is 0.381. The van der Waals surface area contributed by atoms with Gasteiger partial charge in [0.1, 0.15) is 12.6 Å². The summed E-state index contributed by atoms with van der Waals surface area (Å²) < 4.78 is 11.5. The van der Waals surface area contributed by atoms with Crippen molar-refractivity contribution in [3.05, 3.63) is 53.9 Å². The van der Waals surface area contributed by atoms with Crippen molar-refractivity contribution >= 4 is 11.9 Å². The van der Waals surface area contributed by atoms with Crippen LogP contribution in [0.4, 0.5) is 0 Å². The van der Waals surface area contributed by atoms with Crippen molar-refractivity contribution in [2.45, 2.75) is 38.8 Å². The molecule has 1 aliphatic heterocycles. The number of ether oxygens (including phenoxy) is 2. The number of hydrogen-bond donors (Lipinski definition) is 1. The predicted octanol–water partition coefficient (Wildman–Crippen LogP) is 3.14. The summed E-state index contributed by atoms with van der Waals surface area (Å²) in [7, 11) is 0. The molecule has 1 aromatic heterocycles. The Bertz CT molecular complexity index is 825. The monoisotopic (exact) mass is 384 g/mol. The fourth-order valence-corrected chi connectivity index (χ4v) is 3.27. The molecular weight excluding hydrogens is 360 g/mol. The number of carboxylic acids is 1. The van der Waals surface area contributed by atoms with Gasteiger partial charge >= 0.3 is 5.97 Å². The van der Waals surface area contributed by atoms with Crippen LogP contribution in [0.1, 0.15) is 42.1 Å². The summed E-state index contributed by atoms with van der Waals surface area (Å²) in [6, 6.07) is 7.93. The lowest BCUT2D eigenvalue weighted by Crippen LogP contribution is -2.47. The Morgan fingerprint density at radius 2 is 2.07 bits per heavy atom. The van der Waals surface area contributed by atoms with Crippen LogP contribution < -0.4 is 9.47 Å². The lowest BCUT2D eigenvalue weighted by atomic mass is 10.0. The zero-order valence-corrected chi connectivity index (χ0v) is 15.8. The summed E-state index contributed by atoms with van der Waals surface area (Å²) in [6.07, 6.45) is 5.51. The van der Waals surface area contributed by atoms with E-state index in [1.165, 1.54) is 4.90 Å². The summed E-state index contributed by atoms with van der Waals surface area (Å²) >= 11 is 0. The average molecular weight is 384 g/mol. The van der Waals surface area contributed by atoms with Crippen molar-refractivity contribution in [3.8, 4) is 11.5 Å². The molecule has 1 N–H and O–H groups in total. The molecule has 0 spiro atoms. The maximum Gasteiger partial charge on any atom is 0.326 e. The first-order valence-corrected chi connectivity index (χ1v) is 9.42. The van der Waals surface area contributed by atoms with Gasteiger partial charge in [0.05, 0.1) is 6.61 Å². The molecule has 0 bridgehead atoms. The van der Waals surface area contributed by atoms with Gasteiger partial charge in [0.25, 0.3) is 5.91 Å². The summed E-state index contributed by atoms with van der Waals surface area (Å²) in [4.78, 5) is 29.9. The van der Waals surface area contributed by atoms with Gasteiger partial charge in [-0.1, -0.05) is 6.07 Å². The minimum absolute atomic E-state index is 0.299. The smallest absolute Gasteiger partial charge is 0.326 e. The predicted molar refractivity (Wildman–Crippen MR) is 102 cm³/mol. The van der Waals surface area contributed by atoms with Crippen molar-refractivity contribution in [1.29, 1.82) is 0 Å². The maximum absolute atomic E-state index is 12.9. The van der Waals surface area contributed by atoms with E-state index in [9.17, 15) is 14.7 Å². The van der Waals surface area contributed by atoms with Crippen LogP contribution in [0.15, 0.2) is 42.7 Å². The van der Waals surface area contributed by atoms with E-state index in [0.717, 1.165) is 18.4 Å². The Hall–Kier alpha value is -3.09. The number of amides is 1. The van der Waals surface area contributed by atoms with Gasteiger partial charge in [-0.05, 0) is 50.5 Å². The normalized spacial score (nSPS) is 16.5. The van der Waals surface area contributed by atoms with E-state index in [1.807, 2.05) is 19.1 Å². The quantitative estimate of drug-likeness (QED) is 0.789. The molecule has 0 aliphatic carbocycles. The van der Waals surface area contributed by atoms with E-state index in [-0.39, 0.29) is 5.91 Å². The van der Waals surface area contributed by atoms with Gasteiger partial charge < -0.3 is 19.5 Å². The highest BCUT2D eigenvalue weighted by atomic mass is 16.5. The number of nitrogens with zero attached hydrogens (tertiary/aromatic N) is 2. The van der Waals surface area contributed by atoms with E-state index in [2.05, 4.69) is 4.98 Å². The molecule has 7 heteroatoms. The van der Waals surface area contributed by atoms with Crippen LogP contribution >= 0.6 is 0 Å². The number of piperidine rings is 1. The second kappa shape index (κ2) is 9.21. The standard InChI is InChI=1S/C21H24N2O5/c1-2-27-19-12-16(20(24)23-11-4-3-7-17(23)21(25)26)8-9-18(19)28-14-15-6-5-10-22-13-15/h5-6,8-10,12-13,17H,2-4,7,11,14H2,1H3,(H,25,26). The molecule has 2 heterocycles. The molecule has 1 aromatic carbocycles. The lowest BCUT2D eigenvalue weighted by molar-refractivity contribution is -0.143. The van der Waals surface area contributed by atoms with E-state index >= 15 is 0 Å². The van der Waals surface area contributed by atoms with E-state index in [0.29, 0.717) is 43.2 Å². The zero-order valence-electron chi connectivity index (χ0n) is 15.8. The molecule has 1 amide bonds. The number of aliphatic carboxylic acids is 1. The number of likely N-dealkylation sites (tertiary alicyclic amines) is 1. The number of carbonyl (C=O) groups excluding carboxylic acids is 1. The molecular formula is C21H24N2O5. The number of rotatable bonds is 7. The molecule has 0 saturated carbocycles. The number of carboxylic acid groups (broad SMARTS) is 1. The van der Waals surface area contributed by atoms with Crippen LogP contribution in [-0.4, -0.2) is 46.1 Å². The van der Waals surface area contributed by atoms with Crippen LogP contribution in [0.3, 0.4) is 0 Å². The second-order valence-electron chi connectivity index (χ2n) is 6.59. The molecule has 148 valence electrons. The molecule has 3 rings (SSSR count). The molecule has 1 atom stereocenters. The molecule has 0 radical (unpaired) electrons. The SMILES string of the molecule is CCOc1cc(C(=O)N2CCCCC2C(=O)O)ccc1OCc1cccnc1. The molecule has 2 aromatic rings. The third kappa shape index (κ3) is 4.60. The molecule has 28 heavy (non-hydrogen) atoms. The average Bonchev–Trinajstić information content (AvgIpc) is 2.73. The first-order chi connectivity index (χ1) is 13.6. The Morgan fingerprint density at radius 3 is 2.79 bits per heavy atom. The highest BCUT2D eigenvalue weighted by molar-refractivity contribution is 5.97. The summed E-state index contributed by atoms with van der Waals surface area (Å²) in [6.45, 7) is 3.04. The molecule has 1 aliphatic rings. The van der Waals surface area contributed by atoms with Crippen LogP contribution in [0.2, 0.25) is 0 Å². The van der Waals surface area contributed by atoms with Gasteiger partial charge in [0.2, 0.25) is 0 Å². The van der Waals surface area contributed by atoms with E-state index < -0.39 is 12.0 Å². The Morgan fingerprint density at radius 1 is 1.21 bits per heavy atom. The third-order valence-electron chi connectivity index (χ3n) is 4.66. The minimum atomic E-state index is -0.963. The number of hydrogen-bond acceptors (Lipinski definition) is 5. The van der Waals surface area contributed by atoms with Crippen molar-refractivity contribution < 1.29 is 24.2 Å². The van der Waals surface area contributed by atoms with Crippen molar-refractivity contribution in [2.75, 3.05) is 13.2 Å². The Kier molecular flexibility index (Phi) is 6.47. The number of pyridine rings is 1. The van der Waals surface area contributed by atoms with Gasteiger partial charge in [-0.25, -0.2) is 4.79 Å². The van der Waals surface area contributed by atoms with Crippen LogP contribution in [0.5, 0.6) is 11.5 Å². The van der Waals surface area contributed by atoms with E-state index in [1.54, 1.807) is 30.6 Å². The zero-order chi connectivity index (χ0) is 19.9. The lowest BCUT2D eigenvalue weighted by Gasteiger charge is -2.33. The molecule has 7 nitrogen and oxygen atoms in total. The van der Waals surface area contributed by atoms with E-state index in [4.69, 9.17) is 9.47 Å². The van der Waals surface area contributed by atoms with Gasteiger partial charge in [0.15, 0.2) is 11.5 Å². The summed E-state index contributed by atoms with van der Waals surface area (Å²) in [5.41, 5.74) is 1.31. The summed E-state index contributed by atoms with van der Waals surface area (Å²) in [5, 5.41) is 9.42. The highest BCUT2D eigenvalue weighted by Crippen LogP contribution is 2.30. The van der Waals surface area contributed by atoms with Gasteiger partial charge in [0, 0.05) is 30.1 Å². The Balaban J connectivity index is 1.79. The van der Waals surface area contributed by atoms with Gasteiger partial charge in [-0.15, -0.1) is 0 Å². The van der Waals surface area contributed by atoms with Crippen LogP contribution in [0.25, 0.3) is 0 Å². The third-order valence-corrected chi connectivity index (χ3v) is 4.66. The fourth-order valence-electron chi connectivity index (χ4n) is 3.27. The van der Waals surface area contributed by atoms with Gasteiger partial charge in [-0.3, -0.25) is 9.78 Å². The van der Waals surface area contributed by atoms with Gasteiger partial charge in [-0.2, -0.15) is 0 Å². The molecule has 1 saturated heterocycles. The first kappa shape index (κ1) is 19.7. The second-order valence-corrected chi connectivity index (χ2v) is 6.59. The van der Waals surface area contributed by atoms with Crippen LogP contribution in [-0.2, 0) is 11.4 Å².